The van der Waals surface area contributed by atoms with Gasteiger partial charge in [0.1, 0.15) is 11.8 Å². The van der Waals surface area contributed by atoms with Gasteiger partial charge >= 0.3 is 12.1 Å². The van der Waals surface area contributed by atoms with E-state index in [0.29, 0.717) is 43.5 Å². The van der Waals surface area contributed by atoms with E-state index in [1.165, 1.54) is 96.3 Å². The molecule has 3 N–H and O–H groups in total. The van der Waals surface area contributed by atoms with Crippen LogP contribution in [0.15, 0.2) is 11.4 Å². The van der Waals surface area contributed by atoms with Crippen molar-refractivity contribution in [2.75, 3.05) is 46.4 Å². The molecule has 10 nitrogen and oxygen atoms in total. The third-order valence-corrected chi connectivity index (χ3v) is 12.5. The SMILES string of the molecule is CCCCCCCCCOC(=O)OCC(CC)CCCCN(CCCCCCCC(=O)OC(CCCCCCCC)CCCCCCCC)CCCNC1=C(NC)C(O)C1=O. The number of carbonyl (C=O) groups excluding carboxylic acids is 3. The maximum atomic E-state index is 12.9. The number of hydrogen-bond donors (Lipinski definition) is 3. The van der Waals surface area contributed by atoms with E-state index in [1.54, 1.807) is 7.05 Å². The molecule has 2 atom stereocenters. The highest BCUT2D eigenvalue weighted by Gasteiger charge is 2.37. The minimum Gasteiger partial charge on any atom is -0.462 e. The van der Waals surface area contributed by atoms with Crippen LogP contribution in [0.25, 0.3) is 0 Å². The first-order valence-electron chi connectivity index (χ1n) is 25.9. The topological polar surface area (TPSA) is 126 Å². The Kier molecular flexibility index (Phi) is 37.6. The molecule has 0 aromatic rings. The maximum Gasteiger partial charge on any atom is 0.508 e. The third-order valence-electron chi connectivity index (χ3n) is 12.5. The summed E-state index contributed by atoms with van der Waals surface area (Å²) in [5.41, 5.74) is 1.08. The van der Waals surface area contributed by atoms with Gasteiger partial charge < -0.3 is 34.9 Å². The zero-order valence-corrected chi connectivity index (χ0v) is 40.4. The number of esters is 1. The monoisotopic (exact) mass is 864 g/mol. The maximum absolute atomic E-state index is 12.9. The van der Waals surface area contributed by atoms with Gasteiger partial charge in [-0.1, -0.05) is 163 Å². The van der Waals surface area contributed by atoms with E-state index in [-0.39, 0.29) is 17.9 Å². The van der Waals surface area contributed by atoms with Crippen LogP contribution in [0.2, 0.25) is 0 Å². The van der Waals surface area contributed by atoms with Gasteiger partial charge in [0.2, 0.25) is 5.78 Å². The summed E-state index contributed by atoms with van der Waals surface area (Å²) in [5, 5.41) is 16.1. The second-order valence-corrected chi connectivity index (χ2v) is 18.0. The van der Waals surface area contributed by atoms with Crippen molar-refractivity contribution >= 4 is 17.9 Å². The van der Waals surface area contributed by atoms with Crippen molar-refractivity contribution in [3.63, 3.8) is 0 Å². The van der Waals surface area contributed by atoms with Crippen LogP contribution in [-0.4, -0.2) is 86.6 Å². The lowest BCUT2D eigenvalue weighted by atomic mass is 9.95. The third kappa shape index (κ3) is 30.4. The standard InChI is InChI=1S/C51H97N3O7/c1-6-10-13-16-19-25-32-42-59-51(58)60-43-44(9-4)34-29-31-40-54(41-33-38-53-48-47(52-5)49(56)50(48)57)39-30-24-20-23-28-37-46(55)61-45(35-26-21-17-14-11-7-2)36-27-22-18-15-12-8-3/h44-45,49,52-53,56H,6-43H2,1-5H3. The highest BCUT2D eigenvalue weighted by molar-refractivity contribution is 6.07. The van der Waals surface area contributed by atoms with Gasteiger partial charge in [0.05, 0.1) is 18.9 Å². The summed E-state index contributed by atoms with van der Waals surface area (Å²) in [6.07, 6.45) is 34.9. The van der Waals surface area contributed by atoms with Gasteiger partial charge in [-0.2, -0.15) is 0 Å². The van der Waals surface area contributed by atoms with Crippen LogP contribution in [-0.2, 0) is 23.8 Å². The lowest BCUT2D eigenvalue weighted by molar-refractivity contribution is -0.150. The molecule has 0 fully saturated rings. The Bertz CT molecular complexity index is 1090. The molecular formula is C51H97N3O7. The Labute approximate surface area is 375 Å². The van der Waals surface area contributed by atoms with Crippen molar-refractivity contribution in [1.82, 2.24) is 15.5 Å². The van der Waals surface area contributed by atoms with Crippen molar-refractivity contribution in [3.8, 4) is 0 Å². The molecule has 0 radical (unpaired) electrons. The lowest BCUT2D eigenvalue weighted by Crippen LogP contribution is -2.47. The molecule has 0 heterocycles. The van der Waals surface area contributed by atoms with Crippen LogP contribution in [0.5, 0.6) is 0 Å². The summed E-state index contributed by atoms with van der Waals surface area (Å²) in [5.74, 6) is 0.0807. The van der Waals surface area contributed by atoms with Gasteiger partial charge in [-0.3, -0.25) is 9.59 Å². The Hall–Kier alpha value is -2.33. The molecule has 1 aliphatic carbocycles. The Balaban J connectivity index is 2.44. The number of rotatable bonds is 45. The molecule has 0 spiro atoms. The van der Waals surface area contributed by atoms with Gasteiger partial charge in [-0.15, -0.1) is 0 Å². The number of likely N-dealkylation sites (N-methyl/N-ethyl adjacent to an activating group) is 1. The molecular weight excluding hydrogens is 767 g/mol. The van der Waals surface area contributed by atoms with E-state index in [9.17, 15) is 19.5 Å². The normalized spacial score (nSPS) is 14.4. The number of Topliss-reactive ketones (excluding diaryl/α,β-unsaturated/α-hetero) is 1. The van der Waals surface area contributed by atoms with E-state index in [0.717, 1.165) is 122 Å². The first kappa shape index (κ1) is 56.7. The van der Waals surface area contributed by atoms with Crippen LogP contribution in [0.4, 0.5) is 4.79 Å². The largest absolute Gasteiger partial charge is 0.508 e. The first-order chi connectivity index (χ1) is 29.8. The van der Waals surface area contributed by atoms with Crippen molar-refractivity contribution in [2.45, 2.75) is 245 Å². The highest BCUT2D eigenvalue weighted by atomic mass is 16.7. The van der Waals surface area contributed by atoms with E-state index in [1.807, 2.05) is 0 Å². The van der Waals surface area contributed by atoms with Crippen LogP contribution in [0, 0.1) is 5.92 Å². The molecule has 0 saturated heterocycles. The second kappa shape index (κ2) is 40.4. The van der Waals surface area contributed by atoms with Crippen LogP contribution in [0.1, 0.15) is 233 Å². The quantitative estimate of drug-likeness (QED) is 0.0402. The van der Waals surface area contributed by atoms with Crippen LogP contribution < -0.4 is 10.6 Å². The van der Waals surface area contributed by atoms with Crippen molar-refractivity contribution in [2.24, 2.45) is 5.92 Å². The zero-order chi connectivity index (χ0) is 44.6. The number of ketones is 1. The first-order valence-corrected chi connectivity index (χ1v) is 25.9. The lowest BCUT2D eigenvalue weighted by Gasteiger charge is -2.29. The Morgan fingerprint density at radius 3 is 1.69 bits per heavy atom. The van der Waals surface area contributed by atoms with Crippen molar-refractivity contribution < 1.29 is 33.7 Å². The number of unbranched alkanes of at least 4 members (excludes halogenated alkanes) is 21. The molecule has 0 amide bonds. The molecule has 358 valence electrons. The van der Waals surface area contributed by atoms with E-state index >= 15 is 0 Å². The number of carbonyl (C=O) groups is 3. The summed E-state index contributed by atoms with van der Waals surface area (Å²) in [7, 11) is 1.73. The molecule has 1 rings (SSSR count). The average molecular weight is 864 g/mol. The fraction of sp³-hybridized carbons (Fsp3) is 0.902. The average Bonchev–Trinajstić information content (AvgIpc) is 3.26. The molecule has 10 heteroatoms. The highest BCUT2D eigenvalue weighted by Crippen LogP contribution is 2.21. The number of hydrogen-bond acceptors (Lipinski definition) is 10. The summed E-state index contributed by atoms with van der Waals surface area (Å²) >= 11 is 0. The molecule has 0 bridgehead atoms. The zero-order valence-electron chi connectivity index (χ0n) is 40.4. The Morgan fingerprint density at radius 2 is 1.11 bits per heavy atom. The molecule has 0 aromatic heterocycles. The minimum atomic E-state index is -1.03. The number of aliphatic hydroxyl groups excluding tert-OH is 1. The predicted molar refractivity (Wildman–Crippen MR) is 253 cm³/mol. The molecule has 1 aliphatic rings. The van der Waals surface area contributed by atoms with Crippen LogP contribution in [0.3, 0.4) is 0 Å². The van der Waals surface area contributed by atoms with Crippen molar-refractivity contribution in [1.29, 1.82) is 0 Å². The molecule has 0 saturated carbocycles. The fourth-order valence-electron chi connectivity index (χ4n) is 8.32. The van der Waals surface area contributed by atoms with E-state index in [4.69, 9.17) is 14.2 Å². The van der Waals surface area contributed by atoms with Gasteiger partial charge in [-0.05, 0) is 89.8 Å². The molecule has 61 heavy (non-hydrogen) atoms. The van der Waals surface area contributed by atoms with E-state index < -0.39 is 12.3 Å². The number of ether oxygens (including phenoxy) is 3. The van der Waals surface area contributed by atoms with Gasteiger partial charge in [0.25, 0.3) is 0 Å². The fourth-order valence-corrected chi connectivity index (χ4v) is 8.32. The summed E-state index contributed by atoms with van der Waals surface area (Å²) in [6.45, 7) is 13.4. The number of nitrogens with one attached hydrogen (secondary N) is 2. The van der Waals surface area contributed by atoms with Crippen LogP contribution >= 0.6 is 0 Å². The Morgan fingerprint density at radius 1 is 0.623 bits per heavy atom. The number of aliphatic hydroxyl groups is 1. The van der Waals surface area contributed by atoms with Gasteiger partial charge in [0, 0.05) is 20.0 Å². The van der Waals surface area contributed by atoms with Crippen molar-refractivity contribution in [3.05, 3.63) is 11.4 Å². The summed E-state index contributed by atoms with van der Waals surface area (Å²) < 4.78 is 16.9. The summed E-state index contributed by atoms with van der Waals surface area (Å²) in [6, 6.07) is 0. The predicted octanol–water partition coefficient (Wildman–Crippen LogP) is 12.5. The molecule has 0 aromatic carbocycles. The second-order valence-electron chi connectivity index (χ2n) is 18.0. The van der Waals surface area contributed by atoms with Gasteiger partial charge in [-0.25, -0.2) is 4.79 Å². The van der Waals surface area contributed by atoms with Gasteiger partial charge in [0.15, 0.2) is 6.10 Å². The summed E-state index contributed by atoms with van der Waals surface area (Å²) in [4.78, 5) is 39.7. The molecule has 0 aliphatic heterocycles. The van der Waals surface area contributed by atoms with E-state index in [2.05, 4.69) is 43.2 Å². The number of nitrogens with zero attached hydrogens (tertiary/aromatic N) is 1. The smallest absolute Gasteiger partial charge is 0.462 e. The molecule has 2 unspecified atom stereocenters. The minimum absolute atomic E-state index is 0.00641.